The summed E-state index contributed by atoms with van der Waals surface area (Å²) in [5.74, 6) is -1.62. The van der Waals surface area contributed by atoms with Gasteiger partial charge in [0.2, 0.25) is 0 Å². The molecule has 0 aromatic carbocycles. The molecule has 0 radical (unpaired) electrons. The average molecular weight is 321 g/mol. The molecule has 0 saturated heterocycles. The van der Waals surface area contributed by atoms with Crippen molar-refractivity contribution in [3.8, 4) is 0 Å². The number of nitrogens with zero attached hydrogens (tertiary/aromatic N) is 3. The number of aliphatic carboxylic acids is 1. The number of hydrogen-bond donors (Lipinski definition) is 1. The van der Waals surface area contributed by atoms with Gasteiger partial charge in [-0.25, -0.2) is 9.67 Å². The van der Waals surface area contributed by atoms with Crippen LogP contribution >= 0.6 is 11.3 Å². The van der Waals surface area contributed by atoms with Gasteiger partial charge in [0.15, 0.2) is 5.01 Å². The Hall–Kier alpha value is -1.97. The van der Waals surface area contributed by atoms with Crippen LogP contribution in [-0.2, 0) is 17.5 Å². The maximum Gasteiger partial charge on any atom is 0.443 e. The lowest BCUT2D eigenvalue weighted by atomic mass is 10.1. The lowest BCUT2D eigenvalue weighted by molar-refractivity contribution is -0.138. The molecule has 1 N–H and O–H groups in total. The fourth-order valence-corrected chi connectivity index (χ4v) is 2.61. The van der Waals surface area contributed by atoms with Gasteiger partial charge in [0, 0.05) is 0 Å². The summed E-state index contributed by atoms with van der Waals surface area (Å²) >= 11 is 0.201. The summed E-state index contributed by atoms with van der Waals surface area (Å²) in [6.07, 6.45) is -4.66. The molecule has 114 valence electrons. The first-order valence-electron chi connectivity index (χ1n) is 5.81. The van der Waals surface area contributed by atoms with Gasteiger partial charge in [-0.1, -0.05) is 13.8 Å². The average Bonchev–Trinajstić information content (AvgIpc) is 2.76. The standard InChI is InChI=1S/C11H10F3N3O3S/c1-4(2)6-7-8(21-10(15-7)11(12,13)14)9(20)17(16-6)3-5(18)19/h4H,3H2,1-2H3,(H,18,19). The summed E-state index contributed by atoms with van der Waals surface area (Å²) in [4.78, 5) is 26.2. The van der Waals surface area contributed by atoms with Gasteiger partial charge in [-0.3, -0.25) is 9.59 Å². The van der Waals surface area contributed by atoms with Gasteiger partial charge < -0.3 is 5.11 Å². The minimum Gasteiger partial charge on any atom is -0.480 e. The first-order chi connectivity index (χ1) is 9.61. The molecule has 2 aromatic rings. The highest BCUT2D eigenvalue weighted by Crippen LogP contribution is 2.35. The van der Waals surface area contributed by atoms with Crippen LogP contribution in [0.2, 0.25) is 0 Å². The van der Waals surface area contributed by atoms with E-state index in [2.05, 4.69) is 10.1 Å². The Morgan fingerprint density at radius 1 is 1.43 bits per heavy atom. The van der Waals surface area contributed by atoms with E-state index in [1.165, 1.54) is 0 Å². The molecule has 0 aliphatic heterocycles. The molecular weight excluding hydrogens is 311 g/mol. The number of carboxylic acid groups (broad SMARTS) is 1. The van der Waals surface area contributed by atoms with Gasteiger partial charge in [-0.15, -0.1) is 11.3 Å². The molecule has 6 nitrogen and oxygen atoms in total. The Morgan fingerprint density at radius 2 is 2.05 bits per heavy atom. The van der Waals surface area contributed by atoms with E-state index in [0.717, 1.165) is 0 Å². The highest BCUT2D eigenvalue weighted by Gasteiger charge is 2.36. The van der Waals surface area contributed by atoms with Gasteiger partial charge in [-0.05, 0) is 5.92 Å². The monoisotopic (exact) mass is 321 g/mol. The lowest BCUT2D eigenvalue weighted by Gasteiger charge is -2.08. The van der Waals surface area contributed by atoms with E-state index >= 15 is 0 Å². The van der Waals surface area contributed by atoms with Gasteiger partial charge in [0.05, 0.1) is 5.69 Å². The molecule has 0 saturated carbocycles. The number of hydrogen-bond acceptors (Lipinski definition) is 5. The summed E-state index contributed by atoms with van der Waals surface area (Å²) < 4.78 is 38.6. The second-order valence-electron chi connectivity index (χ2n) is 4.59. The molecule has 0 bridgehead atoms. The topological polar surface area (TPSA) is 85.1 Å². The highest BCUT2D eigenvalue weighted by atomic mass is 32.1. The molecule has 2 heterocycles. The van der Waals surface area contributed by atoms with Crippen molar-refractivity contribution in [1.82, 2.24) is 14.8 Å². The fourth-order valence-electron chi connectivity index (χ4n) is 1.72. The van der Waals surface area contributed by atoms with Crippen molar-refractivity contribution >= 4 is 27.5 Å². The molecule has 21 heavy (non-hydrogen) atoms. The molecule has 10 heteroatoms. The Kier molecular flexibility index (Phi) is 3.74. The van der Waals surface area contributed by atoms with E-state index in [0.29, 0.717) is 4.68 Å². The predicted molar refractivity (Wildman–Crippen MR) is 68.4 cm³/mol. The van der Waals surface area contributed by atoms with Crippen molar-refractivity contribution in [2.75, 3.05) is 0 Å². The van der Waals surface area contributed by atoms with Crippen molar-refractivity contribution in [3.63, 3.8) is 0 Å². The molecular formula is C11H10F3N3O3S. The quantitative estimate of drug-likeness (QED) is 0.935. The number of carboxylic acids is 1. The summed E-state index contributed by atoms with van der Waals surface area (Å²) in [7, 11) is 0. The number of fused-ring (bicyclic) bond motifs is 1. The first-order valence-corrected chi connectivity index (χ1v) is 6.63. The molecule has 0 aliphatic carbocycles. The first kappa shape index (κ1) is 15.4. The minimum absolute atomic E-state index is 0.117. The number of halogens is 3. The second-order valence-corrected chi connectivity index (χ2v) is 5.59. The molecule has 2 rings (SSSR count). The van der Waals surface area contributed by atoms with E-state index in [1.54, 1.807) is 13.8 Å². The Bertz CT molecular complexity index is 764. The zero-order valence-electron chi connectivity index (χ0n) is 10.9. The predicted octanol–water partition coefficient (Wildman–Crippen LogP) is 2.08. The van der Waals surface area contributed by atoms with Crippen LogP contribution in [0.4, 0.5) is 13.2 Å². The van der Waals surface area contributed by atoms with Gasteiger partial charge in [0.25, 0.3) is 5.56 Å². The zero-order valence-corrected chi connectivity index (χ0v) is 11.7. The van der Waals surface area contributed by atoms with E-state index in [4.69, 9.17) is 5.11 Å². The largest absolute Gasteiger partial charge is 0.480 e. The highest BCUT2D eigenvalue weighted by molar-refractivity contribution is 7.18. The van der Waals surface area contributed by atoms with Crippen LogP contribution in [0, 0.1) is 0 Å². The van der Waals surface area contributed by atoms with E-state index in [-0.39, 0.29) is 33.2 Å². The van der Waals surface area contributed by atoms with E-state index in [1.807, 2.05) is 0 Å². The van der Waals surface area contributed by atoms with Crippen LogP contribution in [0.3, 0.4) is 0 Å². The Morgan fingerprint density at radius 3 is 2.52 bits per heavy atom. The van der Waals surface area contributed by atoms with Gasteiger partial charge in [0.1, 0.15) is 16.8 Å². The van der Waals surface area contributed by atoms with Crippen molar-refractivity contribution in [1.29, 1.82) is 0 Å². The fraction of sp³-hybridized carbons (Fsp3) is 0.455. The summed E-state index contributed by atoms with van der Waals surface area (Å²) in [5, 5.41) is 11.4. The van der Waals surface area contributed by atoms with Crippen LogP contribution in [0.15, 0.2) is 4.79 Å². The molecule has 0 atom stereocenters. The number of rotatable bonds is 3. The lowest BCUT2D eigenvalue weighted by Crippen LogP contribution is -2.27. The minimum atomic E-state index is -4.66. The number of carbonyl (C=O) groups is 1. The van der Waals surface area contributed by atoms with E-state index < -0.39 is 29.3 Å². The molecule has 0 spiro atoms. The Balaban J connectivity index is 2.80. The third-order valence-electron chi connectivity index (χ3n) is 2.60. The van der Waals surface area contributed by atoms with Gasteiger partial charge in [-0.2, -0.15) is 18.3 Å². The number of aromatic nitrogens is 3. The Labute approximate surface area is 119 Å². The number of thiazole rings is 1. The van der Waals surface area contributed by atoms with Crippen LogP contribution in [-0.4, -0.2) is 25.8 Å². The number of alkyl halides is 3. The normalized spacial score (nSPS) is 12.3. The maximum atomic E-state index is 12.7. The van der Waals surface area contributed by atoms with Crippen molar-refractivity contribution in [2.45, 2.75) is 32.5 Å². The van der Waals surface area contributed by atoms with Crippen LogP contribution < -0.4 is 5.56 Å². The smallest absolute Gasteiger partial charge is 0.443 e. The van der Waals surface area contributed by atoms with Crippen LogP contribution in [0.25, 0.3) is 10.2 Å². The second kappa shape index (κ2) is 5.10. The summed E-state index contributed by atoms with van der Waals surface area (Å²) in [6.45, 7) is 2.63. The summed E-state index contributed by atoms with van der Waals surface area (Å²) in [6, 6.07) is 0. The molecule has 0 unspecified atom stereocenters. The third kappa shape index (κ3) is 2.89. The molecule has 0 amide bonds. The zero-order chi connectivity index (χ0) is 15.9. The van der Waals surface area contributed by atoms with Crippen LogP contribution in [0.1, 0.15) is 30.5 Å². The maximum absolute atomic E-state index is 12.7. The van der Waals surface area contributed by atoms with E-state index in [9.17, 15) is 22.8 Å². The molecule has 0 fully saturated rings. The van der Waals surface area contributed by atoms with Crippen LogP contribution in [0.5, 0.6) is 0 Å². The molecule has 2 aromatic heterocycles. The van der Waals surface area contributed by atoms with Crippen molar-refractivity contribution in [2.24, 2.45) is 0 Å². The molecule has 0 aliphatic rings. The van der Waals surface area contributed by atoms with Gasteiger partial charge >= 0.3 is 12.1 Å². The SMILES string of the molecule is CC(C)c1nn(CC(=O)O)c(=O)c2sc(C(F)(F)F)nc12. The summed E-state index contributed by atoms with van der Waals surface area (Å²) in [5.41, 5.74) is -0.837. The van der Waals surface area contributed by atoms with Crippen molar-refractivity contribution in [3.05, 3.63) is 21.1 Å². The third-order valence-corrected chi connectivity index (χ3v) is 3.69. The van der Waals surface area contributed by atoms with Crippen molar-refractivity contribution < 1.29 is 23.1 Å².